The molecule has 2 heterocycles. The number of aromatic amines is 2. The molecule has 2 aromatic heterocycles. The fraction of sp³-hybridized carbons (Fsp3) is 0.143. The number of H-pyrrole nitrogens is 2. The Morgan fingerprint density at radius 3 is 2.52 bits per heavy atom. The molecule has 0 aliphatic carbocycles. The normalized spacial score (nSPS) is 12.5. The number of carboxylic acids is 1. The zero-order valence-corrected chi connectivity index (χ0v) is 18.8. The van der Waals surface area contributed by atoms with Gasteiger partial charge >= 0.3 is 5.97 Å². The second-order valence-corrected chi connectivity index (χ2v) is 9.28. The second kappa shape index (κ2) is 8.85. The monoisotopic (exact) mass is 494 g/mol. The molecule has 1 atom stereocenters. The molecule has 4 rings (SSSR count). The lowest BCUT2D eigenvalue weighted by molar-refractivity contribution is -0.137. The lowest BCUT2D eigenvalue weighted by Crippen LogP contribution is -2.26. The van der Waals surface area contributed by atoms with Crippen molar-refractivity contribution in [3.05, 3.63) is 70.4 Å². The van der Waals surface area contributed by atoms with E-state index in [9.17, 15) is 22.4 Å². The van der Waals surface area contributed by atoms with Crippen molar-refractivity contribution >= 4 is 55.9 Å². The van der Waals surface area contributed by atoms with Gasteiger partial charge in [0.15, 0.2) is 0 Å². The van der Waals surface area contributed by atoms with E-state index in [1.807, 2.05) is 0 Å². The summed E-state index contributed by atoms with van der Waals surface area (Å²) in [5, 5.41) is 9.85. The number of rotatable bonds is 6. The summed E-state index contributed by atoms with van der Waals surface area (Å²) in [6.07, 6.45) is 1.09. The van der Waals surface area contributed by atoms with Gasteiger partial charge in [-0.05, 0) is 48.0 Å². The lowest BCUT2D eigenvalue weighted by Gasteiger charge is -2.20. The summed E-state index contributed by atoms with van der Waals surface area (Å²) in [6.45, 7) is 0. The Labute approximate surface area is 193 Å². The first-order chi connectivity index (χ1) is 15.1. The van der Waals surface area contributed by atoms with Crippen LogP contribution in [0.15, 0.2) is 58.4 Å². The van der Waals surface area contributed by atoms with E-state index in [0.29, 0.717) is 21.9 Å². The first-order valence-electron chi connectivity index (χ1n) is 9.48. The van der Waals surface area contributed by atoms with Gasteiger partial charge in [-0.3, -0.25) is 13.9 Å². The van der Waals surface area contributed by atoms with Crippen molar-refractivity contribution < 1.29 is 22.7 Å². The molecule has 4 aromatic rings. The summed E-state index contributed by atoms with van der Waals surface area (Å²) in [5.41, 5.74) is 6.78. The average Bonchev–Trinajstić information content (AvgIpc) is 3.19. The molecular formula is C21H20ClFN4O5S. The van der Waals surface area contributed by atoms with Crippen molar-refractivity contribution in [1.82, 2.24) is 9.97 Å². The number of fused-ring (bicyclic) bond motifs is 3. The van der Waals surface area contributed by atoms with Crippen LogP contribution in [0.5, 0.6) is 0 Å². The van der Waals surface area contributed by atoms with Gasteiger partial charge in [-0.1, -0.05) is 0 Å². The Kier molecular flexibility index (Phi) is 6.50. The highest BCUT2D eigenvalue weighted by molar-refractivity contribution is 7.92. The van der Waals surface area contributed by atoms with Crippen molar-refractivity contribution in [2.24, 2.45) is 5.73 Å². The molecule has 0 radical (unpaired) electrons. The Hall–Kier alpha value is -3.41. The standard InChI is InChI=1S/C21H19FN4O5S.ClH/c1-26(12-4-2-11(22)3-5-12)32(30,31)13-6-7-17-14(8-13)19-15(16(23)9-18(27)28)10-24-20(19)21(29)25-17;/h2-8,10,16,24H,9,23H2,1H3,(H,25,29)(H,27,28);1H. The molecule has 9 nitrogen and oxygen atoms in total. The summed E-state index contributed by atoms with van der Waals surface area (Å²) < 4.78 is 40.7. The number of hydrogen-bond donors (Lipinski definition) is 4. The van der Waals surface area contributed by atoms with Gasteiger partial charge in [0.2, 0.25) is 0 Å². The summed E-state index contributed by atoms with van der Waals surface area (Å²) in [7, 11) is -2.68. The van der Waals surface area contributed by atoms with Gasteiger partial charge in [-0.15, -0.1) is 12.4 Å². The minimum Gasteiger partial charge on any atom is -0.481 e. The first-order valence-corrected chi connectivity index (χ1v) is 10.9. The van der Waals surface area contributed by atoms with E-state index < -0.39 is 33.4 Å². The molecule has 0 fully saturated rings. The van der Waals surface area contributed by atoms with Crippen LogP contribution in [0, 0.1) is 5.82 Å². The fourth-order valence-electron chi connectivity index (χ4n) is 3.63. The minimum atomic E-state index is -4.03. The number of hydrogen-bond acceptors (Lipinski definition) is 5. The van der Waals surface area contributed by atoms with E-state index >= 15 is 0 Å². The van der Waals surface area contributed by atoms with Crippen LogP contribution < -0.4 is 15.6 Å². The maximum atomic E-state index is 13.2. The summed E-state index contributed by atoms with van der Waals surface area (Å²) in [6, 6.07) is 8.31. The van der Waals surface area contributed by atoms with Crippen molar-refractivity contribution in [3.63, 3.8) is 0 Å². The number of anilines is 1. The smallest absolute Gasteiger partial charge is 0.305 e. The molecule has 12 heteroatoms. The first kappa shape index (κ1) is 24.2. The molecule has 0 amide bonds. The van der Waals surface area contributed by atoms with Gasteiger partial charge in [0.05, 0.1) is 17.0 Å². The molecule has 0 aliphatic heterocycles. The van der Waals surface area contributed by atoms with Crippen LogP contribution in [0.2, 0.25) is 0 Å². The van der Waals surface area contributed by atoms with Gasteiger partial charge in [0.25, 0.3) is 15.6 Å². The third-order valence-corrected chi connectivity index (χ3v) is 7.07. The maximum absolute atomic E-state index is 13.2. The molecule has 174 valence electrons. The quantitative estimate of drug-likeness (QED) is 0.324. The number of halogens is 2. The Morgan fingerprint density at radius 1 is 1.21 bits per heavy atom. The topological polar surface area (TPSA) is 149 Å². The van der Waals surface area contributed by atoms with E-state index in [1.165, 1.54) is 43.6 Å². The Balaban J connectivity index is 0.00000306. The summed E-state index contributed by atoms with van der Waals surface area (Å²) in [5.74, 6) is -1.60. The van der Waals surface area contributed by atoms with Gasteiger partial charge < -0.3 is 20.8 Å². The van der Waals surface area contributed by atoms with Crippen LogP contribution in [0.3, 0.4) is 0 Å². The summed E-state index contributed by atoms with van der Waals surface area (Å²) >= 11 is 0. The number of pyridine rings is 1. The number of carbonyl (C=O) groups is 1. The molecule has 0 aliphatic rings. The maximum Gasteiger partial charge on any atom is 0.305 e. The minimum absolute atomic E-state index is 0. The highest BCUT2D eigenvalue weighted by Crippen LogP contribution is 2.32. The highest BCUT2D eigenvalue weighted by atomic mass is 35.5. The van der Waals surface area contributed by atoms with Gasteiger partial charge in [0, 0.05) is 35.6 Å². The van der Waals surface area contributed by atoms with E-state index in [1.54, 1.807) is 0 Å². The Bertz CT molecular complexity index is 1520. The van der Waals surface area contributed by atoms with E-state index in [4.69, 9.17) is 10.8 Å². The van der Waals surface area contributed by atoms with E-state index in [0.717, 1.165) is 16.4 Å². The number of nitrogens with one attached hydrogen (secondary N) is 2. The Morgan fingerprint density at radius 2 is 1.88 bits per heavy atom. The average molecular weight is 495 g/mol. The molecule has 5 N–H and O–H groups in total. The third kappa shape index (κ3) is 4.30. The van der Waals surface area contributed by atoms with Gasteiger partial charge in [-0.2, -0.15) is 0 Å². The summed E-state index contributed by atoms with van der Waals surface area (Å²) in [4.78, 5) is 29.0. The lowest BCUT2D eigenvalue weighted by atomic mass is 10.0. The van der Waals surface area contributed by atoms with Gasteiger partial charge in [0.1, 0.15) is 11.3 Å². The highest BCUT2D eigenvalue weighted by Gasteiger charge is 2.24. The molecule has 2 aromatic carbocycles. The molecular weight excluding hydrogens is 475 g/mol. The van der Waals surface area contributed by atoms with Crippen molar-refractivity contribution in [3.8, 4) is 0 Å². The SMILES string of the molecule is CN(c1ccc(F)cc1)S(=O)(=O)c1ccc2[nH]c(=O)c3[nH]cc(C(N)CC(=O)O)c3c2c1.Cl. The molecule has 0 saturated carbocycles. The number of aromatic nitrogens is 2. The molecule has 0 saturated heterocycles. The zero-order valence-electron chi connectivity index (χ0n) is 17.2. The number of aliphatic carboxylic acids is 1. The fourth-order valence-corrected chi connectivity index (χ4v) is 4.85. The van der Waals surface area contributed by atoms with Crippen LogP contribution in [-0.2, 0) is 14.8 Å². The van der Waals surface area contributed by atoms with E-state index in [2.05, 4.69) is 9.97 Å². The van der Waals surface area contributed by atoms with E-state index in [-0.39, 0.29) is 34.9 Å². The predicted octanol–water partition coefficient (Wildman–Crippen LogP) is 2.87. The van der Waals surface area contributed by atoms with Crippen LogP contribution in [0.4, 0.5) is 10.1 Å². The van der Waals surface area contributed by atoms with Crippen LogP contribution >= 0.6 is 12.4 Å². The number of carboxylic acid groups (broad SMARTS) is 1. The number of nitrogens with zero attached hydrogens (tertiary/aromatic N) is 1. The van der Waals surface area contributed by atoms with Crippen LogP contribution in [-0.4, -0.2) is 36.5 Å². The predicted molar refractivity (Wildman–Crippen MR) is 125 cm³/mol. The third-order valence-electron chi connectivity index (χ3n) is 5.29. The molecule has 0 bridgehead atoms. The second-order valence-electron chi connectivity index (χ2n) is 7.31. The molecule has 0 spiro atoms. The van der Waals surface area contributed by atoms with Crippen LogP contribution in [0.1, 0.15) is 18.0 Å². The number of nitrogens with two attached hydrogens (primary N) is 1. The largest absolute Gasteiger partial charge is 0.481 e. The molecule has 1 unspecified atom stereocenters. The van der Waals surface area contributed by atoms with Gasteiger partial charge in [-0.25, -0.2) is 12.8 Å². The molecule has 33 heavy (non-hydrogen) atoms. The van der Waals surface area contributed by atoms with Crippen molar-refractivity contribution in [1.29, 1.82) is 0 Å². The zero-order chi connectivity index (χ0) is 23.2. The number of benzene rings is 2. The number of sulfonamides is 1. The van der Waals surface area contributed by atoms with Crippen LogP contribution in [0.25, 0.3) is 21.8 Å². The van der Waals surface area contributed by atoms with Crippen molar-refractivity contribution in [2.75, 3.05) is 11.4 Å². The van der Waals surface area contributed by atoms with Crippen molar-refractivity contribution in [2.45, 2.75) is 17.4 Å².